The third-order valence-electron chi connectivity index (χ3n) is 4.39. The zero-order chi connectivity index (χ0) is 16.8. The molecule has 1 aromatic rings. The Balaban J connectivity index is 1.83. The van der Waals surface area contributed by atoms with Gasteiger partial charge in [-0.25, -0.2) is 9.38 Å². The van der Waals surface area contributed by atoms with E-state index in [1.54, 1.807) is 5.01 Å². The van der Waals surface area contributed by atoms with E-state index < -0.39 is 0 Å². The average molecular weight is 393 g/mol. The van der Waals surface area contributed by atoms with Gasteiger partial charge >= 0.3 is 0 Å². The van der Waals surface area contributed by atoms with Crippen LogP contribution >= 0.6 is 15.9 Å². The fraction of sp³-hybridized carbons (Fsp3) is 0.438. The van der Waals surface area contributed by atoms with Gasteiger partial charge in [0, 0.05) is 36.2 Å². The Morgan fingerprint density at radius 2 is 1.92 bits per heavy atom. The highest BCUT2D eigenvalue weighted by Gasteiger charge is 2.34. The van der Waals surface area contributed by atoms with Crippen molar-refractivity contribution in [3.8, 4) is 0 Å². The van der Waals surface area contributed by atoms with Gasteiger partial charge in [0.1, 0.15) is 5.69 Å². The van der Waals surface area contributed by atoms with Gasteiger partial charge in [-0.05, 0) is 26.1 Å². The van der Waals surface area contributed by atoms with Crippen molar-refractivity contribution in [3.05, 3.63) is 28.0 Å². The minimum absolute atomic E-state index is 0.344. The van der Waals surface area contributed by atoms with E-state index in [-0.39, 0.29) is 5.82 Å². The van der Waals surface area contributed by atoms with Crippen molar-refractivity contribution < 1.29 is 4.39 Å². The summed E-state index contributed by atoms with van der Waals surface area (Å²) in [7, 11) is 2.10. The Labute approximate surface area is 148 Å². The molecule has 1 fully saturated rings. The number of benzene rings is 1. The van der Waals surface area contributed by atoms with Crippen molar-refractivity contribution in [3.63, 3.8) is 0 Å². The zero-order valence-electron chi connectivity index (χ0n) is 13.6. The molecule has 0 bridgehead atoms. The Kier molecular flexibility index (Phi) is 3.88. The minimum Gasteiger partial charge on any atom is -0.338 e. The van der Waals surface area contributed by atoms with Crippen LogP contribution < -0.4 is 0 Å². The number of hydrogen-bond acceptors (Lipinski definition) is 6. The Morgan fingerprint density at radius 3 is 2.67 bits per heavy atom. The first kappa shape index (κ1) is 15.7. The molecule has 126 valence electrons. The van der Waals surface area contributed by atoms with Crippen molar-refractivity contribution in [1.82, 2.24) is 14.8 Å². The molecule has 3 aliphatic rings. The molecule has 6 nitrogen and oxygen atoms in total. The van der Waals surface area contributed by atoms with E-state index >= 15 is 0 Å². The Hall–Kier alpha value is -1.80. The van der Waals surface area contributed by atoms with Crippen molar-refractivity contribution >= 4 is 39.1 Å². The predicted octanol–water partition coefficient (Wildman–Crippen LogP) is 2.27. The van der Waals surface area contributed by atoms with E-state index in [2.05, 4.69) is 47.9 Å². The fourth-order valence-electron chi connectivity index (χ4n) is 3.05. The monoisotopic (exact) mass is 392 g/mol. The maximum atomic E-state index is 14.5. The zero-order valence-corrected chi connectivity index (χ0v) is 15.2. The quantitative estimate of drug-likeness (QED) is 0.680. The summed E-state index contributed by atoms with van der Waals surface area (Å²) >= 11 is 3.35. The van der Waals surface area contributed by atoms with Gasteiger partial charge in [0.05, 0.1) is 12.3 Å². The van der Waals surface area contributed by atoms with E-state index in [4.69, 9.17) is 0 Å². The molecule has 0 N–H and O–H groups in total. The molecule has 4 rings (SSSR count). The van der Waals surface area contributed by atoms with Crippen LogP contribution in [0.2, 0.25) is 0 Å². The number of guanidine groups is 1. The largest absolute Gasteiger partial charge is 0.338 e. The van der Waals surface area contributed by atoms with E-state index in [1.807, 2.05) is 13.0 Å². The van der Waals surface area contributed by atoms with Crippen LogP contribution in [-0.4, -0.2) is 72.1 Å². The lowest BCUT2D eigenvalue weighted by atomic mass is 10.1. The fourth-order valence-corrected chi connectivity index (χ4v) is 3.48. The number of fused-ring (bicyclic) bond motifs is 3. The predicted molar refractivity (Wildman–Crippen MR) is 96.6 cm³/mol. The summed E-state index contributed by atoms with van der Waals surface area (Å²) < 4.78 is 15.2. The third kappa shape index (κ3) is 2.63. The summed E-state index contributed by atoms with van der Waals surface area (Å²) in [4.78, 5) is 13.7. The standard InChI is InChI=1S/C16H18BrFN6/c1-10-9-19-15-12-7-11(17)8-13(18)14(12)20-16(24(15)21-10)23-5-3-22(2)4-6-23/h7-8H,3-6,9H2,1-2H3. The third-order valence-corrected chi connectivity index (χ3v) is 4.84. The average Bonchev–Trinajstić information content (AvgIpc) is 2.55. The molecule has 3 aliphatic heterocycles. The molecule has 0 spiro atoms. The maximum Gasteiger partial charge on any atom is 0.229 e. The number of hydrazone groups is 1. The normalized spacial score (nSPS) is 20.9. The number of rotatable bonds is 0. The molecule has 0 amide bonds. The molecule has 0 aliphatic carbocycles. The number of aliphatic imine (C=N–C) groups is 2. The van der Waals surface area contributed by atoms with Crippen LogP contribution in [0.1, 0.15) is 12.5 Å². The second-order valence-corrected chi connectivity index (χ2v) is 7.19. The summed E-state index contributed by atoms with van der Waals surface area (Å²) in [6.45, 7) is 6.02. The summed E-state index contributed by atoms with van der Waals surface area (Å²) in [6.07, 6.45) is 0. The van der Waals surface area contributed by atoms with Gasteiger partial charge in [0.25, 0.3) is 0 Å². The molecular formula is C16H18BrFN6. The molecule has 1 aromatic carbocycles. The molecular weight excluding hydrogens is 375 g/mol. The first-order valence-corrected chi connectivity index (χ1v) is 8.72. The molecule has 24 heavy (non-hydrogen) atoms. The summed E-state index contributed by atoms with van der Waals surface area (Å²) in [6, 6.07) is 3.29. The van der Waals surface area contributed by atoms with Crippen LogP contribution in [-0.2, 0) is 0 Å². The number of hydrogen-bond donors (Lipinski definition) is 0. The minimum atomic E-state index is -0.348. The number of piperazine rings is 1. The number of likely N-dealkylation sites (N-methyl/N-ethyl adjacent to an activating group) is 1. The summed E-state index contributed by atoms with van der Waals surface area (Å²) in [5, 5.41) is 6.40. The summed E-state index contributed by atoms with van der Waals surface area (Å²) in [5.74, 6) is 0.981. The second kappa shape index (κ2) is 5.93. The van der Waals surface area contributed by atoms with Crippen molar-refractivity contribution in [2.75, 3.05) is 39.8 Å². The maximum absolute atomic E-state index is 14.5. The van der Waals surface area contributed by atoms with Crippen LogP contribution in [0.3, 0.4) is 0 Å². The van der Waals surface area contributed by atoms with E-state index in [1.165, 1.54) is 6.07 Å². The lowest BCUT2D eigenvalue weighted by molar-refractivity contribution is 0.204. The second-order valence-electron chi connectivity index (χ2n) is 6.27. The highest BCUT2D eigenvalue weighted by Crippen LogP contribution is 2.34. The van der Waals surface area contributed by atoms with E-state index in [0.29, 0.717) is 34.1 Å². The lowest BCUT2D eigenvalue weighted by Crippen LogP contribution is -2.54. The molecule has 3 heterocycles. The molecule has 0 saturated carbocycles. The van der Waals surface area contributed by atoms with Crippen LogP contribution in [0.4, 0.5) is 10.1 Å². The number of nitrogens with zero attached hydrogens (tertiary/aromatic N) is 6. The van der Waals surface area contributed by atoms with Gasteiger partial charge in [-0.3, -0.25) is 4.99 Å². The van der Waals surface area contributed by atoms with Gasteiger partial charge < -0.3 is 9.80 Å². The van der Waals surface area contributed by atoms with Crippen molar-refractivity contribution in [2.45, 2.75) is 6.92 Å². The molecule has 0 atom stereocenters. The van der Waals surface area contributed by atoms with E-state index in [0.717, 1.165) is 31.9 Å². The van der Waals surface area contributed by atoms with Gasteiger partial charge in [0.2, 0.25) is 5.96 Å². The number of halogens is 2. The SMILES string of the molecule is CC1=NN2C(=NC1)c1cc(Br)cc(F)c1N=C2N1CCN(C)CC1. The Bertz CT molecular complexity index is 779. The van der Waals surface area contributed by atoms with Crippen LogP contribution in [0, 0.1) is 5.82 Å². The van der Waals surface area contributed by atoms with Crippen LogP contribution in [0.5, 0.6) is 0 Å². The molecule has 0 aromatic heterocycles. The molecule has 0 radical (unpaired) electrons. The van der Waals surface area contributed by atoms with Crippen LogP contribution in [0.15, 0.2) is 31.7 Å². The first-order chi connectivity index (χ1) is 11.5. The number of amidine groups is 1. The molecule has 8 heteroatoms. The van der Waals surface area contributed by atoms with Gasteiger partial charge in [-0.15, -0.1) is 0 Å². The van der Waals surface area contributed by atoms with Crippen molar-refractivity contribution in [1.29, 1.82) is 0 Å². The van der Waals surface area contributed by atoms with Gasteiger partial charge in [-0.2, -0.15) is 10.1 Å². The highest BCUT2D eigenvalue weighted by atomic mass is 79.9. The van der Waals surface area contributed by atoms with Gasteiger partial charge in [-0.1, -0.05) is 15.9 Å². The molecule has 0 unspecified atom stereocenters. The topological polar surface area (TPSA) is 46.8 Å². The van der Waals surface area contributed by atoms with E-state index in [9.17, 15) is 4.39 Å². The van der Waals surface area contributed by atoms with Crippen LogP contribution in [0.25, 0.3) is 0 Å². The Morgan fingerprint density at radius 1 is 1.17 bits per heavy atom. The molecule has 1 saturated heterocycles. The lowest BCUT2D eigenvalue weighted by Gasteiger charge is -2.40. The summed E-state index contributed by atoms with van der Waals surface area (Å²) in [5.41, 5.74) is 1.94. The smallest absolute Gasteiger partial charge is 0.229 e. The highest BCUT2D eigenvalue weighted by molar-refractivity contribution is 9.10. The van der Waals surface area contributed by atoms with Crippen molar-refractivity contribution in [2.24, 2.45) is 15.1 Å². The van der Waals surface area contributed by atoms with Gasteiger partial charge in [0.15, 0.2) is 11.7 Å². The first-order valence-electron chi connectivity index (χ1n) is 7.93.